The third-order valence-corrected chi connectivity index (χ3v) is 5.10. The highest BCUT2D eigenvalue weighted by molar-refractivity contribution is 7.99. The van der Waals surface area contributed by atoms with E-state index in [1.54, 1.807) is 12.4 Å². The molecule has 1 fully saturated rings. The molecule has 0 aliphatic carbocycles. The van der Waals surface area contributed by atoms with Gasteiger partial charge in [-0.25, -0.2) is 9.97 Å². The number of rotatable bonds is 4. The Balaban J connectivity index is 1.87. The van der Waals surface area contributed by atoms with Crippen molar-refractivity contribution in [2.75, 3.05) is 50.9 Å². The zero-order chi connectivity index (χ0) is 16.0. The number of aliphatic imine (C=N–C) groups is 1. The lowest BCUT2D eigenvalue weighted by atomic mass is 10.2. The van der Waals surface area contributed by atoms with Gasteiger partial charge < -0.3 is 15.1 Å². The summed E-state index contributed by atoms with van der Waals surface area (Å²) >= 11 is 1.86. The first kappa shape index (κ1) is 16.9. The minimum atomic E-state index is 0.204. The molecule has 0 spiro atoms. The molecule has 0 unspecified atom stereocenters. The van der Waals surface area contributed by atoms with Crippen molar-refractivity contribution in [1.29, 1.82) is 0 Å². The molecule has 6 nitrogen and oxygen atoms in total. The largest absolute Gasteiger partial charge is 0.355 e. The van der Waals surface area contributed by atoms with E-state index < -0.39 is 0 Å². The van der Waals surface area contributed by atoms with Gasteiger partial charge in [0.15, 0.2) is 5.96 Å². The summed E-state index contributed by atoms with van der Waals surface area (Å²) in [6, 6.07) is 1.85. The fraction of sp³-hybridized carbons (Fsp3) is 0.667. The number of nitrogens with one attached hydrogen (secondary N) is 1. The van der Waals surface area contributed by atoms with Crippen LogP contribution in [0.4, 0.5) is 5.95 Å². The van der Waals surface area contributed by atoms with Crippen LogP contribution in [0.15, 0.2) is 23.5 Å². The fourth-order valence-electron chi connectivity index (χ4n) is 2.27. The Morgan fingerprint density at radius 3 is 2.45 bits per heavy atom. The van der Waals surface area contributed by atoms with Crippen LogP contribution < -0.4 is 10.2 Å². The highest BCUT2D eigenvalue weighted by Crippen LogP contribution is 2.19. The molecular weight excluding hydrogens is 296 g/mol. The van der Waals surface area contributed by atoms with Crippen molar-refractivity contribution in [2.45, 2.75) is 18.6 Å². The third kappa shape index (κ3) is 4.50. The highest BCUT2D eigenvalue weighted by atomic mass is 32.2. The number of piperazine rings is 1. The summed E-state index contributed by atoms with van der Waals surface area (Å²) in [5, 5.41) is 3.49. The predicted octanol–water partition coefficient (Wildman–Crippen LogP) is 1.32. The molecule has 1 aromatic heterocycles. The van der Waals surface area contributed by atoms with Gasteiger partial charge in [0.1, 0.15) is 0 Å². The molecule has 2 heterocycles. The van der Waals surface area contributed by atoms with Crippen LogP contribution in [0.25, 0.3) is 0 Å². The van der Waals surface area contributed by atoms with Gasteiger partial charge in [-0.05, 0) is 26.2 Å². The van der Waals surface area contributed by atoms with Gasteiger partial charge in [-0.3, -0.25) is 4.99 Å². The summed E-state index contributed by atoms with van der Waals surface area (Å²) in [6.07, 6.45) is 5.72. The van der Waals surface area contributed by atoms with Crippen molar-refractivity contribution in [2.24, 2.45) is 4.99 Å². The lowest BCUT2D eigenvalue weighted by Gasteiger charge is -2.37. The van der Waals surface area contributed by atoms with Crippen molar-refractivity contribution >= 4 is 23.7 Å². The molecule has 0 bridgehead atoms. The van der Waals surface area contributed by atoms with Crippen LogP contribution in [0, 0.1) is 0 Å². The van der Waals surface area contributed by atoms with Gasteiger partial charge in [-0.1, -0.05) is 0 Å². The molecule has 7 heteroatoms. The smallest absolute Gasteiger partial charge is 0.225 e. The molecule has 2 rings (SSSR count). The Kier molecular flexibility index (Phi) is 5.88. The molecule has 1 saturated heterocycles. The zero-order valence-corrected chi connectivity index (χ0v) is 14.7. The molecular formula is C15H26N6S. The van der Waals surface area contributed by atoms with Gasteiger partial charge in [0.05, 0.1) is 0 Å². The van der Waals surface area contributed by atoms with Gasteiger partial charge in [0, 0.05) is 56.9 Å². The first-order valence-corrected chi connectivity index (χ1v) is 8.81. The average molecular weight is 322 g/mol. The maximum absolute atomic E-state index is 4.42. The van der Waals surface area contributed by atoms with Gasteiger partial charge in [-0.2, -0.15) is 11.8 Å². The summed E-state index contributed by atoms with van der Waals surface area (Å²) in [4.78, 5) is 17.6. The summed E-state index contributed by atoms with van der Waals surface area (Å²) in [6.45, 7) is 9.07. The minimum absolute atomic E-state index is 0.204. The molecule has 22 heavy (non-hydrogen) atoms. The van der Waals surface area contributed by atoms with Crippen LogP contribution in [0.1, 0.15) is 13.8 Å². The average Bonchev–Trinajstić information content (AvgIpc) is 2.57. The topological polar surface area (TPSA) is 56.7 Å². The third-order valence-electron chi connectivity index (χ3n) is 3.85. The zero-order valence-electron chi connectivity index (χ0n) is 13.9. The molecule has 1 aromatic rings. The minimum Gasteiger partial charge on any atom is -0.355 e. The summed E-state index contributed by atoms with van der Waals surface area (Å²) in [5.41, 5.74) is 0. The Bertz CT molecular complexity index is 482. The molecule has 1 aliphatic rings. The quantitative estimate of drug-likeness (QED) is 0.666. The van der Waals surface area contributed by atoms with Gasteiger partial charge >= 0.3 is 0 Å². The Morgan fingerprint density at radius 1 is 1.27 bits per heavy atom. The van der Waals surface area contributed by atoms with Crippen LogP contribution in [-0.4, -0.2) is 71.6 Å². The molecule has 0 aromatic carbocycles. The van der Waals surface area contributed by atoms with E-state index in [9.17, 15) is 0 Å². The van der Waals surface area contributed by atoms with Crippen LogP contribution >= 0.6 is 11.8 Å². The van der Waals surface area contributed by atoms with Crippen molar-refractivity contribution in [3.05, 3.63) is 18.5 Å². The van der Waals surface area contributed by atoms with E-state index in [1.807, 2.05) is 24.9 Å². The molecule has 0 radical (unpaired) electrons. The first-order valence-electron chi connectivity index (χ1n) is 7.58. The second-order valence-corrected chi connectivity index (χ2v) is 7.40. The van der Waals surface area contributed by atoms with Gasteiger partial charge in [0.2, 0.25) is 5.95 Å². The van der Waals surface area contributed by atoms with Crippen molar-refractivity contribution in [1.82, 2.24) is 20.2 Å². The standard InChI is InChI=1S/C15H26N6S/c1-15(2,22-4)12-19-13(16-3)20-8-10-21(11-9-20)14-17-6-5-7-18-14/h5-7H,8-12H2,1-4H3,(H,16,19). The Morgan fingerprint density at radius 2 is 1.91 bits per heavy atom. The Hall–Kier alpha value is -1.50. The van der Waals surface area contributed by atoms with E-state index in [4.69, 9.17) is 0 Å². The lowest BCUT2D eigenvalue weighted by Crippen LogP contribution is -2.54. The second kappa shape index (κ2) is 7.67. The molecule has 0 saturated carbocycles. The number of anilines is 1. The number of thioether (sulfide) groups is 1. The maximum Gasteiger partial charge on any atom is 0.225 e. The van der Waals surface area contributed by atoms with E-state index in [2.05, 4.69) is 50.2 Å². The van der Waals surface area contributed by atoms with Crippen molar-refractivity contribution in [3.63, 3.8) is 0 Å². The first-order chi connectivity index (χ1) is 10.6. The number of hydrogen-bond acceptors (Lipinski definition) is 5. The Labute approximate surface area is 137 Å². The fourth-order valence-corrected chi connectivity index (χ4v) is 2.49. The van der Waals surface area contributed by atoms with Crippen molar-refractivity contribution < 1.29 is 0 Å². The molecule has 1 aliphatic heterocycles. The number of guanidine groups is 1. The summed E-state index contributed by atoms with van der Waals surface area (Å²) < 4.78 is 0.204. The van der Waals surface area contributed by atoms with Gasteiger partial charge in [0.25, 0.3) is 0 Å². The summed E-state index contributed by atoms with van der Waals surface area (Å²) in [5.74, 6) is 1.80. The molecule has 0 amide bonds. The van der Waals surface area contributed by atoms with Crippen LogP contribution in [0.5, 0.6) is 0 Å². The maximum atomic E-state index is 4.42. The highest BCUT2D eigenvalue weighted by Gasteiger charge is 2.23. The monoisotopic (exact) mass is 322 g/mol. The van der Waals surface area contributed by atoms with Crippen molar-refractivity contribution in [3.8, 4) is 0 Å². The predicted molar refractivity (Wildman–Crippen MR) is 94.8 cm³/mol. The number of nitrogens with zero attached hydrogens (tertiary/aromatic N) is 5. The van der Waals surface area contributed by atoms with E-state index >= 15 is 0 Å². The van der Waals surface area contributed by atoms with E-state index in [-0.39, 0.29) is 4.75 Å². The van der Waals surface area contributed by atoms with E-state index in [0.717, 1.165) is 44.6 Å². The van der Waals surface area contributed by atoms with Crippen LogP contribution in [-0.2, 0) is 0 Å². The number of hydrogen-bond donors (Lipinski definition) is 1. The van der Waals surface area contributed by atoms with Crippen LogP contribution in [0.2, 0.25) is 0 Å². The number of aromatic nitrogens is 2. The molecule has 1 N–H and O–H groups in total. The SMILES string of the molecule is CN=C(NCC(C)(C)SC)N1CCN(c2ncccn2)CC1. The van der Waals surface area contributed by atoms with Crippen LogP contribution in [0.3, 0.4) is 0 Å². The van der Waals surface area contributed by atoms with E-state index in [1.165, 1.54) is 0 Å². The summed E-state index contributed by atoms with van der Waals surface area (Å²) in [7, 11) is 1.85. The normalized spacial score (nSPS) is 16.8. The van der Waals surface area contributed by atoms with E-state index in [0.29, 0.717) is 0 Å². The second-order valence-electron chi connectivity index (χ2n) is 5.89. The lowest BCUT2D eigenvalue weighted by molar-refractivity contribution is 0.369. The molecule has 122 valence electrons. The van der Waals surface area contributed by atoms with Gasteiger partial charge in [-0.15, -0.1) is 0 Å². The molecule has 0 atom stereocenters.